The molecule has 98 valence electrons. The Labute approximate surface area is 107 Å². The van der Waals surface area contributed by atoms with Crippen LogP contribution in [0.1, 0.15) is 25.8 Å². The Morgan fingerprint density at radius 1 is 1.11 bits per heavy atom. The second kappa shape index (κ2) is 5.40. The normalized spacial score (nSPS) is 11.3. The monoisotopic (exact) mass is 247 g/mol. The van der Waals surface area contributed by atoms with E-state index in [1.54, 1.807) is 0 Å². The summed E-state index contributed by atoms with van der Waals surface area (Å²) in [7, 11) is 0. The zero-order chi connectivity index (χ0) is 13.1. The highest BCUT2D eigenvalue weighted by atomic mass is 16.1. The average molecular weight is 247 g/mol. The lowest BCUT2D eigenvalue weighted by atomic mass is 10.1. The number of benzene rings is 1. The van der Waals surface area contributed by atoms with Crippen LogP contribution in [-0.4, -0.2) is 15.7 Å². The smallest absolute Gasteiger partial charge is 0.329 e. The summed E-state index contributed by atoms with van der Waals surface area (Å²) in [5, 5.41) is 0. The predicted molar refractivity (Wildman–Crippen MR) is 74.9 cm³/mol. The summed E-state index contributed by atoms with van der Waals surface area (Å²) in [5.74, 6) is 0. The van der Waals surface area contributed by atoms with Crippen LogP contribution in [0.25, 0.3) is 11.0 Å². The van der Waals surface area contributed by atoms with E-state index in [1.807, 2.05) is 23.0 Å². The van der Waals surface area contributed by atoms with E-state index in [0.29, 0.717) is 19.6 Å². The molecule has 0 aliphatic rings. The summed E-state index contributed by atoms with van der Waals surface area (Å²) in [5.41, 5.74) is 8.95. The molecule has 2 aromatic rings. The van der Waals surface area contributed by atoms with E-state index in [-0.39, 0.29) is 5.69 Å². The van der Waals surface area contributed by atoms with Gasteiger partial charge in [-0.05, 0) is 50.9 Å². The van der Waals surface area contributed by atoms with Gasteiger partial charge in [-0.3, -0.25) is 9.13 Å². The minimum absolute atomic E-state index is 0.0889. The fourth-order valence-electron chi connectivity index (χ4n) is 2.44. The van der Waals surface area contributed by atoms with Crippen LogP contribution in [0.15, 0.2) is 23.0 Å². The Hall–Kier alpha value is -1.55. The molecular weight excluding hydrogens is 226 g/mol. The molecule has 0 radical (unpaired) electrons. The number of nitrogens with two attached hydrogens (primary N) is 1. The van der Waals surface area contributed by atoms with Gasteiger partial charge in [0.25, 0.3) is 0 Å². The molecule has 0 amide bonds. The molecule has 0 fully saturated rings. The Morgan fingerprint density at radius 3 is 2.39 bits per heavy atom. The third kappa shape index (κ3) is 2.08. The number of hydrogen-bond acceptors (Lipinski definition) is 2. The van der Waals surface area contributed by atoms with Gasteiger partial charge >= 0.3 is 5.69 Å². The number of aromatic nitrogens is 2. The molecule has 0 atom stereocenters. The molecule has 0 unspecified atom stereocenters. The van der Waals surface area contributed by atoms with Crippen molar-refractivity contribution in [2.75, 3.05) is 6.54 Å². The van der Waals surface area contributed by atoms with Crippen molar-refractivity contribution in [1.29, 1.82) is 0 Å². The first kappa shape index (κ1) is 12.9. The van der Waals surface area contributed by atoms with Crippen molar-refractivity contribution in [2.24, 2.45) is 5.73 Å². The number of imidazole rings is 1. The molecule has 4 nitrogen and oxygen atoms in total. The second-order valence-electron chi connectivity index (χ2n) is 4.49. The molecule has 1 heterocycles. The third-order valence-corrected chi connectivity index (χ3v) is 3.39. The first-order valence-corrected chi connectivity index (χ1v) is 6.65. The predicted octanol–water partition coefficient (Wildman–Crippen LogP) is 1.73. The molecule has 1 aromatic carbocycles. The lowest BCUT2D eigenvalue weighted by Crippen LogP contribution is -2.23. The van der Waals surface area contributed by atoms with Crippen LogP contribution < -0.4 is 11.4 Å². The molecule has 0 saturated carbocycles. The molecular formula is C14H21N3O. The van der Waals surface area contributed by atoms with Crippen molar-refractivity contribution in [3.8, 4) is 0 Å². The summed E-state index contributed by atoms with van der Waals surface area (Å²) in [6, 6.07) is 6.28. The molecule has 2 rings (SSSR count). The Bertz CT molecular complexity index is 595. The van der Waals surface area contributed by atoms with Crippen LogP contribution in [0.5, 0.6) is 0 Å². The maximum Gasteiger partial charge on any atom is 0.329 e. The molecule has 0 bridgehead atoms. The van der Waals surface area contributed by atoms with Gasteiger partial charge < -0.3 is 5.73 Å². The fourth-order valence-corrected chi connectivity index (χ4v) is 2.44. The number of hydrogen-bond donors (Lipinski definition) is 1. The van der Waals surface area contributed by atoms with Crippen LogP contribution in [0.2, 0.25) is 0 Å². The van der Waals surface area contributed by atoms with Crippen LogP contribution >= 0.6 is 0 Å². The highest BCUT2D eigenvalue weighted by Gasteiger charge is 2.10. The molecule has 0 aliphatic heterocycles. The quantitative estimate of drug-likeness (QED) is 0.875. The molecule has 2 N–H and O–H groups in total. The maximum atomic E-state index is 12.2. The van der Waals surface area contributed by atoms with Crippen molar-refractivity contribution in [1.82, 2.24) is 9.13 Å². The van der Waals surface area contributed by atoms with E-state index in [0.717, 1.165) is 23.9 Å². The summed E-state index contributed by atoms with van der Waals surface area (Å²) < 4.78 is 3.66. The number of aryl methyl sites for hydroxylation is 3. The van der Waals surface area contributed by atoms with E-state index in [1.165, 1.54) is 5.56 Å². The van der Waals surface area contributed by atoms with Crippen LogP contribution in [0.3, 0.4) is 0 Å². The first-order valence-electron chi connectivity index (χ1n) is 6.65. The van der Waals surface area contributed by atoms with Crippen LogP contribution in [0, 0.1) is 0 Å². The molecule has 4 heteroatoms. The van der Waals surface area contributed by atoms with Gasteiger partial charge in [0.05, 0.1) is 11.0 Å². The molecule has 1 aromatic heterocycles. The minimum atomic E-state index is 0.0889. The van der Waals surface area contributed by atoms with Crippen LogP contribution in [-0.2, 0) is 19.5 Å². The zero-order valence-electron chi connectivity index (χ0n) is 11.1. The number of fused-ring (bicyclic) bond motifs is 1. The van der Waals surface area contributed by atoms with Gasteiger partial charge in [0.2, 0.25) is 0 Å². The second-order valence-corrected chi connectivity index (χ2v) is 4.49. The first-order chi connectivity index (χ1) is 8.72. The summed E-state index contributed by atoms with van der Waals surface area (Å²) in [6.45, 7) is 6.14. The molecule has 18 heavy (non-hydrogen) atoms. The summed E-state index contributed by atoms with van der Waals surface area (Å²) in [6.07, 6.45) is 1.96. The van der Waals surface area contributed by atoms with Gasteiger partial charge in [-0.25, -0.2) is 4.79 Å². The standard InChI is InChI=1S/C14H21N3O/c1-3-16-12-8-7-11(6-5-9-15)10-13(12)17(4-2)14(16)18/h7-8,10H,3-6,9,15H2,1-2H3. The maximum absolute atomic E-state index is 12.2. The highest BCUT2D eigenvalue weighted by Crippen LogP contribution is 2.16. The van der Waals surface area contributed by atoms with Gasteiger partial charge in [-0.2, -0.15) is 0 Å². The number of rotatable bonds is 5. The van der Waals surface area contributed by atoms with Crippen LogP contribution in [0.4, 0.5) is 0 Å². The van der Waals surface area contributed by atoms with Crippen molar-refractivity contribution < 1.29 is 0 Å². The minimum Gasteiger partial charge on any atom is -0.330 e. The highest BCUT2D eigenvalue weighted by molar-refractivity contribution is 5.77. The Balaban J connectivity index is 2.58. The summed E-state index contributed by atoms with van der Waals surface area (Å²) in [4.78, 5) is 12.2. The Kier molecular flexibility index (Phi) is 3.87. The molecule has 0 saturated heterocycles. The lowest BCUT2D eigenvalue weighted by molar-refractivity contribution is 0.670. The fraction of sp³-hybridized carbons (Fsp3) is 0.500. The van der Waals surface area contributed by atoms with Gasteiger partial charge in [-0.1, -0.05) is 6.07 Å². The van der Waals surface area contributed by atoms with E-state index >= 15 is 0 Å². The van der Waals surface area contributed by atoms with Crippen molar-refractivity contribution in [3.63, 3.8) is 0 Å². The van der Waals surface area contributed by atoms with Gasteiger partial charge in [0.15, 0.2) is 0 Å². The lowest BCUT2D eigenvalue weighted by Gasteiger charge is -2.03. The van der Waals surface area contributed by atoms with Gasteiger partial charge in [0.1, 0.15) is 0 Å². The van der Waals surface area contributed by atoms with Crippen molar-refractivity contribution in [3.05, 3.63) is 34.2 Å². The SMILES string of the molecule is CCn1c(=O)n(CC)c2cc(CCCN)ccc21. The van der Waals surface area contributed by atoms with Gasteiger partial charge in [0, 0.05) is 13.1 Å². The van der Waals surface area contributed by atoms with Gasteiger partial charge in [-0.15, -0.1) is 0 Å². The average Bonchev–Trinajstić information content (AvgIpc) is 2.66. The summed E-state index contributed by atoms with van der Waals surface area (Å²) >= 11 is 0. The van der Waals surface area contributed by atoms with E-state index < -0.39 is 0 Å². The third-order valence-electron chi connectivity index (χ3n) is 3.39. The van der Waals surface area contributed by atoms with E-state index in [2.05, 4.69) is 18.2 Å². The van der Waals surface area contributed by atoms with Crippen molar-refractivity contribution >= 4 is 11.0 Å². The Morgan fingerprint density at radius 2 is 1.78 bits per heavy atom. The van der Waals surface area contributed by atoms with E-state index in [9.17, 15) is 4.79 Å². The van der Waals surface area contributed by atoms with E-state index in [4.69, 9.17) is 5.73 Å². The topological polar surface area (TPSA) is 53.0 Å². The zero-order valence-corrected chi connectivity index (χ0v) is 11.1. The number of nitrogens with zero attached hydrogens (tertiary/aromatic N) is 2. The largest absolute Gasteiger partial charge is 0.330 e. The molecule has 0 spiro atoms. The molecule has 0 aliphatic carbocycles. The van der Waals surface area contributed by atoms with Crippen molar-refractivity contribution in [2.45, 2.75) is 39.8 Å².